The van der Waals surface area contributed by atoms with E-state index in [-0.39, 0.29) is 31.7 Å². The van der Waals surface area contributed by atoms with Crippen LogP contribution >= 0.6 is 11.6 Å². The van der Waals surface area contributed by atoms with Crippen molar-refractivity contribution in [1.82, 2.24) is 14.7 Å². The van der Waals surface area contributed by atoms with E-state index in [1.807, 2.05) is 24.3 Å². The van der Waals surface area contributed by atoms with Crippen LogP contribution in [0.25, 0.3) is 0 Å². The van der Waals surface area contributed by atoms with Crippen molar-refractivity contribution < 1.29 is 28.2 Å². The maximum absolute atomic E-state index is 13.8. The van der Waals surface area contributed by atoms with E-state index in [2.05, 4.69) is 4.90 Å². The first-order valence-electron chi connectivity index (χ1n) is 13.1. The smallest absolute Gasteiger partial charge is 0.254 e. The van der Waals surface area contributed by atoms with Gasteiger partial charge in [-0.25, -0.2) is 0 Å². The quantitative estimate of drug-likeness (QED) is 0.354. The van der Waals surface area contributed by atoms with Crippen LogP contribution in [0.4, 0.5) is 0 Å². The highest BCUT2D eigenvalue weighted by molar-refractivity contribution is 6.30. The lowest BCUT2D eigenvalue weighted by Crippen LogP contribution is -2.44. The Morgan fingerprint density at radius 3 is 2.49 bits per heavy atom. The largest absolute Gasteiger partial charge is 0.467 e. The lowest BCUT2D eigenvalue weighted by molar-refractivity contribution is -0.133. The molecule has 10 heteroatoms. The molecule has 2 aromatic carbocycles. The standard InChI is InChI=1S/C29H32ClN3O6/c30-24-7-5-23(6-8-24)29(35)32(11-2-10-31-12-15-36-16-13-31)20-28(34)33(19-25-3-1-14-37-25)18-22-4-9-26-27(17-22)39-21-38-26/h1,3-9,14,17H,2,10-13,15-16,18-21H2. The number of hydrogen-bond acceptors (Lipinski definition) is 7. The molecule has 3 heterocycles. The van der Waals surface area contributed by atoms with Gasteiger partial charge in [0, 0.05) is 43.3 Å². The van der Waals surface area contributed by atoms with Crippen molar-refractivity contribution in [2.75, 3.05) is 52.7 Å². The Balaban J connectivity index is 1.31. The first kappa shape index (κ1) is 27.1. The van der Waals surface area contributed by atoms with Gasteiger partial charge in [0.25, 0.3) is 5.91 Å². The van der Waals surface area contributed by atoms with E-state index in [4.69, 9.17) is 30.2 Å². The molecule has 0 radical (unpaired) electrons. The Labute approximate surface area is 232 Å². The maximum atomic E-state index is 13.8. The Morgan fingerprint density at radius 1 is 0.923 bits per heavy atom. The topological polar surface area (TPSA) is 84.7 Å². The number of hydrogen-bond donors (Lipinski definition) is 0. The molecule has 1 aromatic heterocycles. The second-order valence-electron chi connectivity index (χ2n) is 9.56. The van der Waals surface area contributed by atoms with Crippen molar-refractivity contribution in [3.8, 4) is 11.5 Å². The van der Waals surface area contributed by atoms with Gasteiger partial charge < -0.3 is 28.4 Å². The van der Waals surface area contributed by atoms with E-state index in [9.17, 15) is 9.59 Å². The fourth-order valence-electron chi connectivity index (χ4n) is 4.68. The van der Waals surface area contributed by atoms with Gasteiger partial charge in [0.05, 0.1) is 26.0 Å². The summed E-state index contributed by atoms with van der Waals surface area (Å²) in [7, 11) is 0. The number of fused-ring (bicyclic) bond motifs is 1. The van der Waals surface area contributed by atoms with Crippen LogP contribution in [0.1, 0.15) is 28.1 Å². The number of benzene rings is 2. The van der Waals surface area contributed by atoms with Gasteiger partial charge in [-0.15, -0.1) is 0 Å². The molecule has 9 nitrogen and oxygen atoms in total. The zero-order valence-electron chi connectivity index (χ0n) is 21.7. The average molecular weight is 554 g/mol. The summed E-state index contributed by atoms with van der Waals surface area (Å²) in [6.07, 6.45) is 2.33. The maximum Gasteiger partial charge on any atom is 0.254 e. The summed E-state index contributed by atoms with van der Waals surface area (Å²) in [6, 6.07) is 16.0. The van der Waals surface area contributed by atoms with Gasteiger partial charge in [-0.2, -0.15) is 0 Å². The van der Waals surface area contributed by atoms with Crippen LogP contribution < -0.4 is 9.47 Å². The van der Waals surface area contributed by atoms with Crippen LogP contribution in [0, 0.1) is 0 Å². The number of amides is 2. The zero-order valence-corrected chi connectivity index (χ0v) is 22.5. The molecular formula is C29H32ClN3O6. The van der Waals surface area contributed by atoms with Gasteiger partial charge in [0.2, 0.25) is 12.7 Å². The SMILES string of the molecule is O=C(CN(CCCN1CCOCC1)C(=O)c1ccc(Cl)cc1)N(Cc1ccc2c(c1)OCO2)Cc1ccco1. The van der Waals surface area contributed by atoms with Crippen LogP contribution in [0.15, 0.2) is 65.3 Å². The zero-order chi connectivity index (χ0) is 27.0. The Hall–Kier alpha value is -3.53. The monoisotopic (exact) mass is 553 g/mol. The van der Waals surface area contributed by atoms with Crippen molar-refractivity contribution in [1.29, 1.82) is 0 Å². The van der Waals surface area contributed by atoms with Gasteiger partial charge >= 0.3 is 0 Å². The average Bonchev–Trinajstić information content (AvgIpc) is 3.65. The van der Waals surface area contributed by atoms with E-state index in [0.717, 1.165) is 31.6 Å². The third-order valence-electron chi connectivity index (χ3n) is 6.80. The number of ether oxygens (including phenoxy) is 3. The van der Waals surface area contributed by atoms with Gasteiger partial charge in [-0.05, 0) is 60.5 Å². The Kier molecular flexibility index (Phi) is 9.03. The molecule has 1 saturated heterocycles. The fourth-order valence-corrected chi connectivity index (χ4v) is 4.81. The Morgan fingerprint density at radius 2 is 1.72 bits per heavy atom. The highest BCUT2D eigenvalue weighted by atomic mass is 35.5. The van der Waals surface area contributed by atoms with Crippen LogP contribution in [0.3, 0.4) is 0 Å². The predicted octanol–water partition coefficient (Wildman–Crippen LogP) is 4.06. The lowest BCUT2D eigenvalue weighted by Gasteiger charge is -2.30. The van der Waals surface area contributed by atoms with Gasteiger partial charge in [-0.1, -0.05) is 17.7 Å². The molecule has 206 valence electrons. The number of furan rings is 1. The number of morpholine rings is 1. The minimum absolute atomic E-state index is 0.0597. The van der Waals surface area contributed by atoms with E-state index in [0.29, 0.717) is 54.1 Å². The minimum Gasteiger partial charge on any atom is -0.467 e. The summed E-state index contributed by atoms with van der Waals surface area (Å²) in [6.45, 7) is 5.17. The molecule has 3 aromatic rings. The van der Waals surface area contributed by atoms with E-state index >= 15 is 0 Å². The van der Waals surface area contributed by atoms with Gasteiger partial charge in [0.1, 0.15) is 12.3 Å². The van der Waals surface area contributed by atoms with Crippen molar-refractivity contribution in [2.45, 2.75) is 19.5 Å². The van der Waals surface area contributed by atoms with E-state index in [1.165, 1.54) is 0 Å². The van der Waals surface area contributed by atoms with Crippen LogP contribution in [-0.4, -0.2) is 79.2 Å². The van der Waals surface area contributed by atoms with Crippen molar-refractivity contribution >= 4 is 23.4 Å². The van der Waals surface area contributed by atoms with Crippen molar-refractivity contribution in [2.24, 2.45) is 0 Å². The van der Waals surface area contributed by atoms with Gasteiger partial charge in [-0.3, -0.25) is 14.5 Å². The molecule has 0 bridgehead atoms. The van der Waals surface area contributed by atoms with E-state index < -0.39 is 0 Å². The molecule has 5 rings (SSSR count). The second-order valence-corrected chi connectivity index (χ2v) is 9.99. The molecule has 0 N–H and O–H groups in total. The fraction of sp³-hybridized carbons (Fsp3) is 0.379. The highest BCUT2D eigenvalue weighted by Gasteiger charge is 2.24. The van der Waals surface area contributed by atoms with Gasteiger partial charge in [0.15, 0.2) is 11.5 Å². The normalized spacial score (nSPS) is 14.8. The molecule has 0 aliphatic carbocycles. The predicted molar refractivity (Wildman–Crippen MR) is 145 cm³/mol. The summed E-state index contributed by atoms with van der Waals surface area (Å²) in [5.41, 5.74) is 1.38. The van der Waals surface area contributed by atoms with E-state index in [1.54, 1.807) is 46.4 Å². The van der Waals surface area contributed by atoms with Crippen molar-refractivity contribution in [3.05, 3.63) is 82.8 Å². The molecule has 0 atom stereocenters. The number of rotatable bonds is 11. The second kappa shape index (κ2) is 13.0. The molecule has 2 aliphatic rings. The molecular weight excluding hydrogens is 522 g/mol. The molecule has 2 aliphatic heterocycles. The number of carbonyl (C=O) groups excluding carboxylic acids is 2. The summed E-state index contributed by atoms with van der Waals surface area (Å²) in [5.74, 6) is 1.61. The molecule has 0 saturated carbocycles. The Bertz CT molecular complexity index is 1240. The van der Waals surface area contributed by atoms with Crippen LogP contribution in [0.2, 0.25) is 5.02 Å². The highest BCUT2D eigenvalue weighted by Crippen LogP contribution is 2.33. The number of carbonyl (C=O) groups is 2. The summed E-state index contributed by atoms with van der Waals surface area (Å²) in [5, 5.41) is 0.551. The van der Waals surface area contributed by atoms with Crippen molar-refractivity contribution in [3.63, 3.8) is 0 Å². The molecule has 2 amide bonds. The lowest BCUT2D eigenvalue weighted by atomic mass is 10.1. The summed E-state index contributed by atoms with van der Waals surface area (Å²) < 4.78 is 21.9. The summed E-state index contributed by atoms with van der Waals surface area (Å²) >= 11 is 6.04. The first-order valence-corrected chi connectivity index (χ1v) is 13.5. The molecule has 39 heavy (non-hydrogen) atoms. The van der Waals surface area contributed by atoms with Crippen LogP contribution in [-0.2, 0) is 22.6 Å². The third kappa shape index (κ3) is 7.32. The molecule has 0 unspecified atom stereocenters. The molecule has 1 fully saturated rings. The number of halogens is 1. The first-order chi connectivity index (χ1) is 19.0. The van der Waals surface area contributed by atoms with Crippen LogP contribution in [0.5, 0.6) is 11.5 Å². The molecule has 0 spiro atoms. The minimum atomic E-state index is -0.206. The third-order valence-corrected chi connectivity index (χ3v) is 7.05. The summed E-state index contributed by atoms with van der Waals surface area (Å²) in [4.78, 5) is 32.9. The number of nitrogens with zero attached hydrogens (tertiary/aromatic N) is 3.